The third-order valence-corrected chi connectivity index (χ3v) is 9.21. The third kappa shape index (κ3) is 6.29. The molecule has 1 aromatic heterocycles. The van der Waals surface area contributed by atoms with Gasteiger partial charge in [-0.1, -0.05) is 54.1 Å². The number of furan rings is 1. The highest BCUT2D eigenvalue weighted by molar-refractivity contribution is 7.89. The predicted molar refractivity (Wildman–Crippen MR) is 169 cm³/mol. The van der Waals surface area contributed by atoms with Crippen molar-refractivity contribution in [3.05, 3.63) is 136 Å². The number of sulfonamides is 1. The van der Waals surface area contributed by atoms with Gasteiger partial charge in [0, 0.05) is 24.0 Å². The van der Waals surface area contributed by atoms with Crippen LogP contribution in [0.4, 0.5) is 5.69 Å². The summed E-state index contributed by atoms with van der Waals surface area (Å²) < 4.78 is 39.9. The second-order valence-electron chi connectivity index (χ2n) is 10.9. The summed E-state index contributed by atoms with van der Waals surface area (Å²) in [7, 11) is -2.64. The molecule has 0 saturated heterocycles. The van der Waals surface area contributed by atoms with Gasteiger partial charge >= 0.3 is 5.97 Å². The first-order chi connectivity index (χ1) is 21.0. The van der Waals surface area contributed by atoms with Gasteiger partial charge in [0.05, 0.1) is 24.2 Å². The number of hydrogen-bond acceptors (Lipinski definition) is 7. The van der Waals surface area contributed by atoms with Crippen molar-refractivity contribution in [1.82, 2.24) is 4.31 Å². The lowest BCUT2D eigenvalue weighted by molar-refractivity contribution is -0.137. The number of hydrogen-bond donors (Lipinski definition) is 0. The van der Waals surface area contributed by atoms with Crippen molar-refractivity contribution in [2.24, 2.45) is 0 Å². The fourth-order valence-corrected chi connectivity index (χ4v) is 6.70. The van der Waals surface area contributed by atoms with Gasteiger partial charge in [-0.15, -0.1) is 0 Å². The SMILES string of the molecule is COC(=O)C1=C(C)N(c2cc(C)cc(C)c2)/C(=C/c2ccc(CN(Cc3ccccc3)S(=O)(=O)c3ccc(C)cc3)o2)C1=O. The minimum atomic E-state index is -3.88. The molecule has 0 unspecified atom stereocenters. The molecule has 4 aromatic rings. The van der Waals surface area contributed by atoms with Crippen LogP contribution in [0.15, 0.2) is 111 Å². The first kappa shape index (κ1) is 30.7. The number of aryl methyl sites for hydroxylation is 3. The van der Waals surface area contributed by atoms with Crippen LogP contribution in [0.5, 0.6) is 0 Å². The van der Waals surface area contributed by atoms with E-state index in [4.69, 9.17) is 9.15 Å². The van der Waals surface area contributed by atoms with E-state index in [-0.39, 0.29) is 29.3 Å². The van der Waals surface area contributed by atoms with Crippen LogP contribution in [0.2, 0.25) is 0 Å². The lowest BCUT2D eigenvalue weighted by Crippen LogP contribution is -2.30. The lowest BCUT2D eigenvalue weighted by atomic mass is 10.1. The van der Waals surface area contributed by atoms with Crippen LogP contribution in [0.3, 0.4) is 0 Å². The summed E-state index contributed by atoms with van der Waals surface area (Å²) in [6.45, 7) is 7.63. The van der Waals surface area contributed by atoms with E-state index in [0.29, 0.717) is 17.2 Å². The zero-order valence-electron chi connectivity index (χ0n) is 25.3. The van der Waals surface area contributed by atoms with Crippen molar-refractivity contribution in [1.29, 1.82) is 0 Å². The van der Waals surface area contributed by atoms with Gasteiger partial charge in [-0.05, 0) is 80.8 Å². The summed E-state index contributed by atoms with van der Waals surface area (Å²) in [5, 5.41) is 0. The molecule has 1 aliphatic heterocycles. The zero-order valence-corrected chi connectivity index (χ0v) is 26.1. The van der Waals surface area contributed by atoms with Gasteiger partial charge in [-0.3, -0.25) is 4.79 Å². The van der Waals surface area contributed by atoms with Gasteiger partial charge in [-0.2, -0.15) is 4.31 Å². The monoisotopic (exact) mass is 610 g/mol. The van der Waals surface area contributed by atoms with Crippen molar-refractivity contribution >= 4 is 33.5 Å². The fourth-order valence-electron chi connectivity index (χ4n) is 5.31. The van der Waals surface area contributed by atoms with Gasteiger partial charge in [0.1, 0.15) is 17.1 Å². The van der Waals surface area contributed by atoms with Crippen LogP contribution in [0, 0.1) is 20.8 Å². The number of anilines is 1. The number of ketones is 1. The molecule has 1 aliphatic rings. The number of benzene rings is 3. The molecule has 0 amide bonds. The van der Waals surface area contributed by atoms with Crippen LogP contribution < -0.4 is 4.90 Å². The Kier molecular flexibility index (Phi) is 8.71. The molecule has 8 nitrogen and oxygen atoms in total. The minimum absolute atomic E-state index is 0.0340. The Morgan fingerprint density at radius 1 is 0.864 bits per heavy atom. The molecule has 2 heterocycles. The van der Waals surface area contributed by atoms with Gasteiger partial charge < -0.3 is 14.1 Å². The Morgan fingerprint density at radius 2 is 1.52 bits per heavy atom. The van der Waals surface area contributed by atoms with Gasteiger partial charge in [0.25, 0.3) is 0 Å². The van der Waals surface area contributed by atoms with E-state index >= 15 is 0 Å². The molecule has 226 valence electrons. The normalized spacial score (nSPS) is 14.6. The molecule has 44 heavy (non-hydrogen) atoms. The second kappa shape index (κ2) is 12.5. The van der Waals surface area contributed by atoms with Gasteiger partial charge in [0.15, 0.2) is 0 Å². The molecule has 0 spiro atoms. The summed E-state index contributed by atoms with van der Waals surface area (Å²) in [6.07, 6.45) is 1.57. The molecular weight excluding hydrogens is 576 g/mol. The Balaban J connectivity index is 1.51. The van der Waals surface area contributed by atoms with Crippen LogP contribution in [-0.2, 0) is 37.4 Å². The van der Waals surface area contributed by atoms with Crippen molar-refractivity contribution in [3.8, 4) is 0 Å². The summed E-state index contributed by atoms with van der Waals surface area (Å²) in [4.78, 5) is 28.1. The quantitative estimate of drug-likeness (QED) is 0.122. The average molecular weight is 611 g/mol. The van der Waals surface area contributed by atoms with Crippen molar-refractivity contribution in [2.75, 3.05) is 12.0 Å². The van der Waals surface area contributed by atoms with E-state index in [1.54, 1.807) is 54.3 Å². The summed E-state index contributed by atoms with van der Waals surface area (Å²) in [5.74, 6) is -0.476. The number of methoxy groups -OCH3 is 1. The number of nitrogens with zero attached hydrogens (tertiary/aromatic N) is 2. The van der Waals surface area contributed by atoms with Crippen molar-refractivity contribution in [3.63, 3.8) is 0 Å². The van der Waals surface area contributed by atoms with Crippen LogP contribution >= 0.6 is 0 Å². The third-order valence-electron chi connectivity index (χ3n) is 7.41. The number of allylic oxidation sites excluding steroid dienone is 2. The van der Waals surface area contributed by atoms with E-state index in [2.05, 4.69) is 0 Å². The van der Waals surface area contributed by atoms with E-state index in [9.17, 15) is 18.0 Å². The number of carbonyl (C=O) groups excluding carboxylic acids is 2. The Labute approximate surface area is 257 Å². The maximum atomic E-state index is 13.8. The first-order valence-electron chi connectivity index (χ1n) is 14.1. The van der Waals surface area contributed by atoms with Crippen molar-refractivity contribution in [2.45, 2.75) is 45.7 Å². The summed E-state index contributed by atoms with van der Waals surface area (Å²) in [5.41, 5.74) is 5.13. The molecule has 0 aliphatic carbocycles. The van der Waals surface area contributed by atoms with Gasteiger partial charge in [0.2, 0.25) is 15.8 Å². The maximum absolute atomic E-state index is 13.8. The van der Waals surface area contributed by atoms with Crippen LogP contribution in [0.1, 0.15) is 40.7 Å². The molecule has 0 N–H and O–H groups in total. The molecule has 0 fully saturated rings. The lowest BCUT2D eigenvalue weighted by Gasteiger charge is -2.22. The molecule has 3 aromatic carbocycles. The highest BCUT2D eigenvalue weighted by Crippen LogP contribution is 2.37. The summed E-state index contributed by atoms with van der Waals surface area (Å²) >= 11 is 0. The molecule has 0 bridgehead atoms. The number of Topliss-reactive ketones (excluding diaryl/α,β-unsaturated/α-hetero) is 1. The first-order valence-corrected chi connectivity index (χ1v) is 15.6. The van der Waals surface area contributed by atoms with E-state index in [1.807, 2.05) is 69.3 Å². The maximum Gasteiger partial charge on any atom is 0.343 e. The number of rotatable bonds is 9. The number of ether oxygens (including phenoxy) is 1. The number of esters is 1. The molecule has 0 radical (unpaired) electrons. The topological polar surface area (TPSA) is 97.1 Å². The summed E-state index contributed by atoms with van der Waals surface area (Å²) in [6, 6.07) is 25.3. The number of carbonyl (C=O) groups is 2. The highest BCUT2D eigenvalue weighted by Gasteiger charge is 2.38. The highest BCUT2D eigenvalue weighted by atomic mass is 32.2. The molecule has 0 atom stereocenters. The Morgan fingerprint density at radius 3 is 2.16 bits per heavy atom. The Hall–Kier alpha value is -4.73. The van der Waals surface area contributed by atoms with E-state index in [0.717, 1.165) is 27.9 Å². The molecule has 9 heteroatoms. The molecule has 0 saturated carbocycles. The Bertz CT molecular complexity index is 1870. The largest absolute Gasteiger partial charge is 0.465 e. The molecular formula is C35H34N2O6S. The standard InChI is InChI=1S/C35H34N2O6S/c1-23-11-15-31(16-12-23)44(40,41)36(21-27-9-7-6-8-10-27)22-30-14-13-29(43-30)20-32-34(38)33(35(39)42-5)26(4)37(32)28-18-24(2)17-25(3)19-28/h6-20H,21-22H2,1-5H3/b32-20+. The predicted octanol–water partition coefficient (Wildman–Crippen LogP) is 6.47. The smallest absolute Gasteiger partial charge is 0.343 e. The second-order valence-corrected chi connectivity index (χ2v) is 12.8. The zero-order chi connectivity index (χ0) is 31.6. The van der Waals surface area contributed by atoms with E-state index in [1.165, 1.54) is 11.4 Å². The van der Waals surface area contributed by atoms with Crippen LogP contribution in [-0.4, -0.2) is 31.6 Å². The minimum Gasteiger partial charge on any atom is -0.465 e. The van der Waals surface area contributed by atoms with Gasteiger partial charge in [-0.25, -0.2) is 13.2 Å². The molecule has 5 rings (SSSR count). The van der Waals surface area contributed by atoms with Crippen LogP contribution in [0.25, 0.3) is 6.08 Å². The van der Waals surface area contributed by atoms with E-state index < -0.39 is 21.8 Å². The van der Waals surface area contributed by atoms with Crippen molar-refractivity contribution < 1.29 is 27.2 Å². The average Bonchev–Trinajstić information content (AvgIpc) is 3.53. The fraction of sp³-hybridized carbons (Fsp3) is 0.200.